The van der Waals surface area contributed by atoms with Crippen LogP contribution in [0.3, 0.4) is 0 Å². The van der Waals surface area contributed by atoms with Gasteiger partial charge in [0.15, 0.2) is 5.17 Å². The van der Waals surface area contributed by atoms with E-state index in [2.05, 4.69) is 43.0 Å². The summed E-state index contributed by atoms with van der Waals surface area (Å²) in [4.78, 5) is 23.1. The van der Waals surface area contributed by atoms with Crippen LogP contribution in [0.25, 0.3) is 0 Å². The van der Waals surface area contributed by atoms with Crippen molar-refractivity contribution in [2.45, 2.75) is 103 Å². The summed E-state index contributed by atoms with van der Waals surface area (Å²) in [5.74, 6) is 3.75. The van der Waals surface area contributed by atoms with Crippen LogP contribution in [0.1, 0.15) is 90.5 Å². The number of anilines is 1. The Morgan fingerprint density at radius 1 is 1.03 bits per heavy atom. The first kappa shape index (κ1) is 24.2. The van der Waals surface area contributed by atoms with Gasteiger partial charge in [0.05, 0.1) is 5.54 Å². The number of thioether (sulfide) groups is 1. The lowest BCUT2D eigenvalue weighted by Gasteiger charge is -2.55. The van der Waals surface area contributed by atoms with Crippen LogP contribution in [-0.2, 0) is 11.2 Å². The molecular formula is C29H43N3OS. The summed E-state index contributed by atoms with van der Waals surface area (Å²) in [6, 6.07) is 8.74. The fraction of sp³-hybridized carbons (Fsp3) is 0.724. The van der Waals surface area contributed by atoms with Crippen molar-refractivity contribution in [1.29, 1.82) is 0 Å². The number of hydrogen-bond acceptors (Lipinski definition) is 3. The van der Waals surface area contributed by atoms with Crippen molar-refractivity contribution in [3.05, 3.63) is 29.8 Å². The molecule has 1 amide bonds. The van der Waals surface area contributed by atoms with E-state index in [1.165, 1.54) is 62.1 Å². The average molecular weight is 482 g/mol. The number of carbonyl (C=O) groups excluding carboxylic acids is 1. The maximum atomic E-state index is 13.0. The minimum Gasteiger partial charge on any atom is -0.330 e. The van der Waals surface area contributed by atoms with Crippen LogP contribution in [-0.4, -0.2) is 40.0 Å². The smallest absolute Gasteiger partial charge is 0.225 e. The molecule has 34 heavy (non-hydrogen) atoms. The Kier molecular flexibility index (Phi) is 7.30. The van der Waals surface area contributed by atoms with Crippen molar-refractivity contribution in [3.63, 3.8) is 0 Å². The molecular weight excluding hydrogens is 438 g/mol. The summed E-state index contributed by atoms with van der Waals surface area (Å²) in [6.45, 7) is 7.20. The second-order valence-electron chi connectivity index (χ2n) is 11.5. The molecule has 5 heteroatoms. The van der Waals surface area contributed by atoms with Crippen LogP contribution in [0.2, 0.25) is 0 Å². The maximum Gasteiger partial charge on any atom is 0.225 e. The monoisotopic (exact) mass is 481 g/mol. The van der Waals surface area contributed by atoms with Crippen LogP contribution in [0.5, 0.6) is 0 Å². The van der Waals surface area contributed by atoms with E-state index in [-0.39, 0.29) is 17.6 Å². The molecule has 4 aliphatic carbocycles. The molecule has 0 aromatic heterocycles. The van der Waals surface area contributed by atoms with E-state index in [4.69, 9.17) is 4.99 Å². The predicted molar refractivity (Wildman–Crippen MR) is 144 cm³/mol. The summed E-state index contributed by atoms with van der Waals surface area (Å²) >= 11 is 1.89. The van der Waals surface area contributed by atoms with Crippen LogP contribution in [0.4, 0.5) is 5.69 Å². The number of unbranched alkanes of at least 4 members (excludes halogenated alkanes) is 2. The predicted octanol–water partition coefficient (Wildman–Crippen LogP) is 6.88. The topological polar surface area (TPSA) is 35.9 Å². The number of aliphatic imine (C=N–C) groups is 1. The highest BCUT2D eigenvalue weighted by atomic mass is 32.2. The van der Waals surface area contributed by atoms with Gasteiger partial charge < -0.3 is 4.90 Å². The Morgan fingerprint density at radius 3 is 2.21 bits per heavy atom. The van der Waals surface area contributed by atoms with Crippen molar-refractivity contribution in [3.8, 4) is 0 Å². The standard InChI is InChI=1S/C29H43N3OS/c1-4-6-8-22-9-11-26(12-10-22)32(21(3)33)27-20-34-28(31(27)13-7-5-2)30-29-17-23-14-24(18-29)16-25(15-23)19-29/h9-12,23-25,27H,4-8,13-20H2,1-3H3. The molecule has 1 aromatic rings. The number of hydrogen-bond donors (Lipinski definition) is 0. The lowest BCUT2D eigenvalue weighted by molar-refractivity contribution is -0.117. The van der Waals surface area contributed by atoms with Crippen molar-refractivity contribution >= 4 is 28.5 Å². The normalized spacial score (nSPS) is 33.1. The molecule has 1 atom stereocenters. The zero-order valence-electron chi connectivity index (χ0n) is 21.5. The third kappa shape index (κ3) is 4.92. The zero-order chi connectivity index (χ0) is 23.7. The van der Waals surface area contributed by atoms with Gasteiger partial charge in [0.1, 0.15) is 6.17 Å². The van der Waals surface area contributed by atoms with Gasteiger partial charge in [-0.05, 0) is 93.2 Å². The SMILES string of the molecule is CCCCc1ccc(N(C(C)=O)C2CSC(=NC34CC5CC(CC(C5)C3)C4)N2CCCC)cc1. The summed E-state index contributed by atoms with van der Waals surface area (Å²) in [6.07, 6.45) is 14.1. The lowest BCUT2D eigenvalue weighted by atomic mass is 9.53. The molecule has 1 heterocycles. The lowest BCUT2D eigenvalue weighted by Crippen LogP contribution is -2.52. The molecule has 5 aliphatic rings. The minimum absolute atomic E-state index is 0.0585. The van der Waals surface area contributed by atoms with Gasteiger partial charge in [-0.15, -0.1) is 0 Å². The van der Waals surface area contributed by atoms with Crippen molar-refractivity contribution in [2.24, 2.45) is 22.7 Å². The van der Waals surface area contributed by atoms with Crippen LogP contribution in [0.15, 0.2) is 29.3 Å². The molecule has 186 valence electrons. The summed E-state index contributed by atoms with van der Waals surface area (Å²) in [5, 5.41) is 1.21. The quantitative estimate of drug-likeness (QED) is 0.386. The number of rotatable bonds is 9. The fourth-order valence-corrected chi connectivity index (χ4v) is 8.77. The highest BCUT2D eigenvalue weighted by Crippen LogP contribution is 2.57. The first-order valence-corrected chi connectivity index (χ1v) is 14.9. The maximum absolute atomic E-state index is 13.0. The third-order valence-electron chi connectivity index (χ3n) is 8.73. The Hall–Kier alpha value is -1.49. The van der Waals surface area contributed by atoms with Gasteiger partial charge in [0.25, 0.3) is 0 Å². The third-order valence-corrected chi connectivity index (χ3v) is 9.78. The van der Waals surface area contributed by atoms with Gasteiger partial charge in [-0.2, -0.15) is 0 Å². The van der Waals surface area contributed by atoms with E-state index >= 15 is 0 Å². The van der Waals surface area contributed by atoms with Crippen molar-refractivity contribution < 1.29 is 4.79 Å². The number of aryl methyl sites for hydroxylation is 1. The molecule has 4 nitrogen and oxygen atoms in total. The summed E-state index contributed by atoms with van der Waals surface area (Å²) < 4.78 is 0. The van der Waals surface area contributed by atoms with Gasteiger partial charge in [0.2, 0.25) is 5.91 Å². The van der Waals surface area contributed by atoms with E-state index in [1.54, 1.807) is 6.92 Å². The molecule has 1 aromatic carbocycles. The molecule has 4 bridgehead atoms. The number of benzene rings is 1. The zero-order valence-corrected chi connectivity index (χ0v) is 22.3. The average Bonchev–Trinajstić information content (AvgIpc) is 3.17. The summed E-state index contributed by atoms with van der Waals surface area (Å²) in [5.41, 5.74) is 2.57. The number of carbonyl (C=O) groups is 1. The van der Waals surface area contributed by atoms with Gasteiger partial charge in [-0.3, -0.25) is 14.7 Å². The number of amides is 1. The molecule has 1 saturated heterocycles. The summed E-state index contributed by atoms with van der Waals surface area (Å²) in [7, 11) is 0. The Balaban J connectivity index is 1.40. The van der Waals surface area contributed by atoms with Crippen LogP contribution < -0.4 is 4.90 Å². The largest absolute Gasteiger partial charge is 0.330 e. The van der Waals surface area contributed by atoms with Crippen molar-refractivity contribution in [2.75, 3.05) is 17.2 Å². The van der Waals surface area contributed by atoms with Gasteiger partial charge in [-0.25, -0.2) is 0 Å². The molecule has 1 unspecified atom stereocenters. The highest BCUT2D eigenvalue weighted by Gasteiger charge is 2.52. The second-order valence-corrected chi connectivity index (χ2v) is 12.5. The first-order chi connectivity index (χ1) is 16.5. The van der Waals surface area contributed by atoms with Crippen molar-refractivity contribution in [1.82, 2.24) is 4.90 Å². The molecule has 0 spiro atoms. The molecule has 1 aliphatic heterocycles. The fourth-order valence-electron chi connectivity index (χ4n) is 7.51. The molecule has 0 radical (unpaired) electrons. The van der Waals surface area contributed by atoms with E-state index in [9.17, 15) is 4.79 Å². The molecule has 6 rings (SSSR count). The number of nitrogens with zero attached hydrogens (tertiary/aromatic N) is 3. The Labute approximate surface area is 211 Å². The van der Waals surface area contributed by atoms with Crippen LogP contribution in [0, 0.1) is 17.8 Å². The van der Waals surface area contributed by atoms with Gasteiger partial charge in [0, 0.05) is 24.9 Å². The molecule has 5 fully saturated rings. The van der Waals surface area contributed by atoms with E-state index in [1.807, 2.05) is 16.7 Å². The second kappa shape index (κ2) is 10.2. The van der Waals surface area contributed by atoms with E-state index in [0.717, 1.165) is 55.0 Å². The molecule has 0 N–H and O–H groups in total. The molecule has 4 saturated carbocycles. The Bertz CT molecular complexity index is 860. The minimum atomic E-state index is 0.0585. The van der Waals surface area contributed by atoms with E-state index < -0.39 is 0 Å². The highest BCUT2D eigenvalue weighted by molar-refractivity contribution is 8.14. The van der Waals surface area contributed by atoms with E-state index in [0.29, 0.717) is 0 Å². The van der Waals surface area contributed by atoms with Crippen LogP contribution >= 0.6 is 11.8 Å². The first-order valence-electron chi connectivity index (χ1n) is 13.9. The van der Waals surface area contributed by atoms with Gasteiger partial charge >= 0.3 is 0 Å². The number of amidine groups is 1. The Morgan fingerprint density at radius 2 is 1.65 bits per heavy atom. The van der Waals surface area contributed by atoms with Gasteiger partial charge in [-0.1, -0.05) is 50.6 Å².